The minimum Gasteiger partial charge on any atom is -0.482 e. The van der Waals surface area contributed by atoms with Crippen LogP contribution in [-0.4, -0.2) is 24.5 Å². The van der Waals surface area contributed by atoms with Crippen LogP contribution in [0.1, 0.15) is 39.4 Å². The van der Waals surface area contributed by atoms with Crippen LogP contribution < -0.4 is 20.7 Å². The lowest BCUT2D eigenvalue weighted by Crippen LogP contribution is -2.25. The Morgan fingerprint density at radius 1 is 0.969 bits per heavy atom. The summed E-state index contributed by atoms with van der Waals surface area (Å²) in [5.41, 5.74) is 4.83. The molecular weight excluding hydrogens is 402 g/mol. The predicted octanol–water partition coefficient (Wildman–Crippen LogP) is 3.59. The molecule has 3 aromatic carbocycles. The van der Waals surface area contributed by atoms with Crippen molar-refractivity contribution in [1.29, 1.82) is 0 Å². The molecule has 0 saturated heterocycles. The summed E-state index contributed by atoms with van der Waals surface area (Å²) < 4.78 is 5.41. The summed E-state index contributed by atoms with van der Waals surface area (Å²) in [6, 6.07) is 24.1. The molecule has 3 aromatic rings. The Kier molecular flexibility index (Phi) is 5.60. The summed E-state index contributed by atoms with van der Waals surface area (Å²) in [5.74, 6) is 0.985. The Hall–Kier alpha value is -3.64. The van der Waals surface area contributed by atoms with Crippen LogP contribution in [0.2, 0.25) is 0 Å². The molecule has 0 unspecified atom stereocenters. The zero-order valence-electron chi connectivity index (χ0n) is 17.6. The lowest BCUT2D eigenvalue weighted by Gasteiger charge is -2.18. The van der Waals surface area contributed by atoms with E-state index in [4.69, 9.17) is 4.74 Å². The normalized spacial score (nSPS) is 18.8. The molecule has 1 aliphatic carbocycles. The number of anilines is 1. The Bertz CT molecular complexity index is 1130. The molecule has 0 spiro atoms. The van der Waals surface area contributed by atoms with Crippen LogP contribution in [-0.2, 0) is 17.9 Å². The second kappa shape index (κ2) is 8.85. The minimum atomic E-state index is -0.123. The molecule has 2 atom stereocenters. The number of ether oxygens (including phenoxy) is 1. The standard InChI is InChI=1S/C26H25N3O3/c30-25-16-32-24-11-6-18(12-23(24)29-25)15-27-22-13-21(22)19-7-9-20(10-8-19)26(31)28-14-17-4-2-1-3-5-17/h1-12,21-22,27H,13-16H2,(H,28,31)(H,29,30)/t21-,22+/m0/s1. The molecule has 6 nitrogen and oxygen atoms in total. The van der Waals surface area contributed by atoms with Crippen molar-refractivity contribution < 1.29 is 14.3 Å². The second-order valence-electron chi connectivity index (χ2n) is 8.29. The van der Waals surface area contributed by atoms with Crippen LogP contribution in [0, 0.1) is 0 Å². The molecule has 3 N–H and O–H groups in total. The number of hydrogen-bond donors (Lipinski definition) is 3. The fourth-order valence-electron chi connectivity index (χ4n) is 4.04. The number of hydrogen-bond acceptors (Lipinski definition) is 4. The van der Waals surface area contributed by atoms with Crippen molar-refractivity contribution in [2.45, 2.75) is 31.5 Å². The minimum absolute atomic E-state index is 0.0608. The van der Waals surface area contributed by atoms with Crippen molar-refractivity contribution in [3.63, 3.8) is 0 Å². The van der Waals surface area contributed by atoms with Gasteiger partial charge in [-0.15, -0.1) is 0 Å². The first-order valence-electron chi connectivity index (χ1n) is 10.9. The summed E-state index contributed by atoms with van der Waals surface area (Å²) in [5, 5.41) is 9.39. The van der Waals surface area contributed by atoms with Gasteiger partial charge >= 0.3 is 0 Å². The number of benzene rings is 3. The average molecular weight is 428 g/mol. The van der Waals surface area contributed by atoms with E-state index in [1.807, 2.05) is 60.7 Å². The van der Waals surface area contributed by atoms with Gasteiger partial charge in [-0.25, -0.2) is 0 Å². The van der Waals surface area contributed by atoms with Gasteiger partial charge in [0.25, 0.3) is 11.8 Å². The number of amides is 2. The lowest BCUT2D eigenvalue weighted by molar-refractivity contribution is -0.118. The van der Waals surface area contributed by atoms with Crippen molar-refractivity contribution in [1.82, 2.24) is 10.6 Å². The molecule has 0 aromatic heterocycles. The fourth-order valence-corrected chi connectivity index (χ4v) is 4.04. The highest BCUT2D eigenvalue weighted by Gasteiger charge is 2.37. The molecule has 6 heteroatoms. The molecule has 1 heterocycles. The van der Waals surface area contributed by atoms with Gasteiger partial charge in [-0.3, -0.25) is 9.59 Å². The Morgan fingerprint density at radius 3 is 2.59 bits per heavy atom. The summed E-state index contributed by atoms with van der Waals surface area (Å²) in [6.07, 6.45) is 1.07. The Labute approximate surface area is 187 Å². The second-order valence-corrected chi connectivity index (χ2v) is 8.29. The first-order valence-corrected chi connectivity index (χ1v) is 10.9. The zero-order valence-corrected chi connectivity index (χ0v) is 17.6. The highest BCUT2D eigenvalue weighted by molar-refractivity contribution is 5.95. The predicted molar refractivity (Wildman–Crippen MR) is 123 cm³/mol. The SMILES string of the molecule is O=C1COc2ccc(CN[C@@H]3C[C@H]3c3ccc(C(=O)NCc4ccccc4)cc3)cc2N1. The van der Waals surface area contributed by atoms with Crippen LogP contribution in [0.3, 0.4) is 0 Å². The van der Waals surface area contributed by atoms with Gasteiger partial charge in [0.05, 0.1) is 5.69 Å². The summed E-state index contributed by atoms with van der Waals surface area (Å²) >= 11 is 0. The maximum Gasteiger partial charge on any atom is 0.262 e. The number of carbonyl (C=O) groups is 2. The quantitative estimate of drug-likeness (QED) is 0.538. The van der Waals surface area contributed by atoms with Crippen molar-refractivity contribution >= 4 is 17.5 Å². The number of fused-ring (bicyclic) bond motifs is 1. The van der Waals surface area contributed by atoms with E-state index in [0.29, 0.717) is 29.8 Å². The molecule has 32 heavy (non-hydrogen) atoms. The molecule has 1 fully saturated rings. The summed E-state index contributed by atoms with van der Waals surface area (Å²) in [4.78, 5) is 23.9. The van der Waals surface area contributed by atoms with Crippen molar-refractivity contribution in [3.05, 3.63) is 95.1 Å². The Balaban J connectivity index is 1.12. The molecule has 1 aliphatic heterocycles. The fraction of sp³-hybridized carbons (Fsp3) is 0.231. The molecule has 162 valence electrons. The van der Waals surface area contributed by atoms with Gasteiger partial charge in [-0.1, -0.05) is 48.5 Å². The monoisotopic (exact) mass is 427 g/mol. The van der Waals surface area contributed by atoms with E-state index in [1.165, 1.54) is 5.56 Å². The maximum atomic E-state index is 12.4. The van der Waals surface area contributed by atoms with Crippen molar-refractivity contribution in [2.75, 3.05) is 11.9 Å². The topological polar surface area (TPSA) is 79.5 Å². The smallest absolute Gasteiger partial charge is 0.262 e. The van der Waals surface area contributed by atoms with E-state index >= 15 is 0 Å². The maximum absolute atomic E-state index is 12.4. The van der Waals surface area contributed by atoms with Gasteiger partial charge in [-0.2, -0.15) is 0 Å². The number of nitrogens with one attached hydrogen (secondary N) is 3. The molecule has 1 saturated carbocycles. The Morgan fingerprint density at radius 2 is 1.78 bits per heavy atom. The van der Waals surface area contributed by atoms with Crippen LogP contribution in [0.5, 0.6) is 5.75 Å². The van der Waals surface area contributed by atoms with Crippen LogP contribution >= 0.6 is 0 Å². The van der Waals surface area contributed by atoms with Crippen LogP contribution in [0.25, 0.3) is 0 Å². The summed E-state index contributed by atoms with van der Waals surface area (Å²) in [6.45, 7) is 1.32. The first kappa shape index (κ1) is 20.3. The van der Waals surface area contributed by atoms with E-state index in [-0.39, 0.29) is 18.4 Å². The van der Waals surface area contributed by atoms with Gasteiger partial charge in [0.15, 0.2) is 6.61 Å². The van der Waals surface area contributed by atoms with Gasteiger partial charge < -0.3 is 20.7 Å². The molecular formula is C26H25N3O3. The van der Waals surface area contributed by atoms with Gasteiger partial charge in [-0.05, 0) is 47.4 Å². The molecule has 2 amide bonds. The lowest BCUT2D eigenvalue weighted by atomic mass is 10.1. The van der Waals surface area contributed by atoms with E-state index in [9.17, 15) is 9.59 Å². The van der Waals surface area contributed by atoms with E-state index in [2.05, 4.69) is 28.1 Å². The molecule has 5 rings (SSSR count). The highest BCUT2D eigenvalue weighted by Crippen LogP contribution is 2.41. The zero-order chi connectivity index (χ0) is 21.9. The van der Waals surface area contributed by atoms with Gasteiger partial charge in [0, 0.05) is 30.6 Å². The van der Waals surface area contributed by atoms with E-state index in [0.717, 1.165) is 29.8 Å². The van der Waals surface area contributed by atoms with Crippen molar-refractivity contribution in [2.24, 2.45) is 0 Å². The third kappa shape index (κ3) is 4.65. The van der Waals surface area contributed by atoms with E-state index < -0.39 is 0 Å². The van der Waals surface area contributed by atoms with Gasteiger partial charge in [0.1, 0.15) is 5.75 Å². The largest absolute Gasteiger partial charge is 0.482 e. The number of rotatable bonds is 7. The van der Waals surface area contributed by atoms with E-state index in [1.54, 1.807) is 0 Å². The molecule has 0 bridgehead atoms. The summed E-state index contributed by atoms with van der Waals surface area (Å²) in [7, 11) is 0. The van der Waals surface area contributed by atoms with Crippen molar-refractivity contribution in [3.8, 4) is 5.75 Å². The first-order chi connectivity index (χ1) is 15.7. The molecule has 0 radical (unpaired) electrons. The highest BCUT2D eigenvalue weighted by atomic mass is 16.5. The number of carbonyl (C=O) groups excluding carboxylic acids is 2. The van der Waals surface area contributed by atoms with Gasteiger partial charge in [0.2, 0.25) is 0 Å². The molecule has 2 aliphatic rings. The average Bonchev–Trinajstić information content (AvgIpc) is 3.61. The third-order valence-electron chi connectivity index (χ3n) is 5.93. The van der Waals surface area contributed by atoms with Crippen LogP contribution in [0.15, 0.2) is 72.8 Å². The van der Waals surface area contributed by atoms with Crippen LogP contribution in [0.4, 0.5) is 5.69 Å². The third-order valence-corrected chi connectivity index (χ3v) is 5.93.